The number of carbonyl (C=O) groups is 3. The maximum atomic E-state index is 12.9. The van der Waals surface area contributed by atoms with Crippen molar-refractivity contribution in [3.63, 3.8) is 0 Å². The van der Waals surface area contributed by atoms with Gasteiger partial charge in [0, 0.05) is 37.8 Å². The average Bonchev–Trinajstić information content (AvgIpc) is 2.96. The molecule has 0 saturated carbocycles. The molecule has 3 aromatic rings. The highest BCUT2D eigenvalue weighted by molar-refractivity contribution is 6.05. The summed E-state index contributed by atoms with van der Waals surface area (Å²) in [4.78, 5) is 42.1. The molecule has 7 heteroatoms. The fraction of sp³-hybridized carbons (Fsp3) is 0.281. The smallest absolute Gasteiger partial charge is 0.338 e. The van der Waals surface area contributed by atoms with E-state index in [4.69, 9.17) is 4.74 Å². The molecule has 1 heterocycles. The minimum Gasteiger partial charge on any atom is -0.462 e. The normalized spacial score (nSPS) is 13.5. The summed E-state index contributed by atoms with van der Waals surface area (Å²) in [5, 5.41) is 2.95. The number of hydrogen-bond acceptors (Lipinski definition) is 5. The lowest BCUT2D eigenvalue weighted by atomic mass is 10.0. The van der Waals surface area contributed by atoms with Crippen LogP contribution in [0.4, 0.5) is 11.4 Å². The van der Waals surface area contributed by atoms with Gasteiger partial charge in [0.15, 0.2) is 0 Å². The number of hydrogen-bond donors (Lipinski definition) is 1. The van der Waals surface area contributed by atoms with Crippen LogP contribution < -0.4 is 10.2 Å². The van der Waals surface area contributed by atoms with Crippen LogP contribution in [-0.4, -0.2) is 55.5 Å². The third-order valence-electron chi connectivity index (χ3n) is 6.72. The summed E-state index contributed by atoms with van der Waals surface area (Å²) in [6.07, 6.45) is 3.25. The Kier molecular flexibility index (Phi) is 9.15. The first kappa shape index (κ1) is 27.6. The number of benzene rings is 3. The van der Waals surface area contributed by atoms with Gasteiger partial charge < -0.3 is 19.9 Å². The highest BCUT2D eigenvalue weighted by Crippen LogP contribution is 2.29. The summed E-state index contributed by atoms with van der Waals surface area (Å²) in [6, 6.07) is 22.5. The van der Waals surface area contributed by atoms with Crippen molar-refractivity contribution in [2.75, 3.05) is 43.0 Å². The van der Waals surface area contributed by atoms with Gasteiger partial charge in [0.25, 0.3) is 5.91 Å². The van der Waals surface area contributed by atoms with Crippen LogP contribution >= 0.6 is 0 Å². The second kappa shape index (κ2) is 12.9. The molecule has 1 aliphatic heterocycles. The third-order valence-corrected chi connectivity index (χ3v) is 6.72. The van der Waals surface area contributed by atoms with E-state index < -0.39 is 5.97 Å². The first-order valence-electron chi connectivity index (χ1n) is 13.3. The molecule has 0 bridgehead atoms. The minimum atomic E-state index is -0.446. The molecule has 3 aromatic carbocycles. The second-order valence-electron chi connectivity index (χ2n) is 9.74. The van der Waals surface area contributed by atoms with Crippen molar-refractivity contribution in [2.24, 2.45) is 0 Å². The molecule has 2 amide bonds. The fourth-order valence-corrected chi connectivity index (χ4v) is 4.51. The number of piperazine rings is 1. The Hall–Kier alpha value is -4.39. The summed E-state index contributed by atoms with van der Waals surface area (Å²) in [5.41, 5.74) is 4.51. The van der Waals surface area contributed by atoms with Gasteiger partial charge in [0.1, 0.15) is 0 Å². The van der Waals surface area contributed by atoms with Crippen LogP contribution in [0.25, 0.3) is 6.08 Å². The lowest BCUT2D eigenvalue weighted by molar-refractivity contribution is -0.111. The van der Waals surface area contributed by atoms with E-state index in [1.165, 1.54) is 11.6 Å². The van der Waals surface area contributed by atoms with Gasteiger partial charge in [-0.1, -0.05) is 56.3 Å². The van der Waals surface area contributed by atoms with Crippen molar-refractivity contribution < 1.29 is 19.1 Å². The van der Waals surface area contributed by atoms with E-state index in [-0.39, 0.29) is 18.4 Å². The molecule has 0 spiro atoms. The van der Waals surface area contributed by atoms with Crippen LogP contribution in [-0.2, 0) is 9.53 Å². The molecule has 7 nitrogen and oxygen atoms in total. The number of nitrogens with zero attached hydrogens (tertiary/aromatic N) is 2. The fourth-order valence-electron chi connectivity index (χ4n) is 4.51. The molecule has 1 N–H and O–H groups in total. The van der Waals surface area contributed by atoms with Crippen molar-refractivity contribution in [1.82, 2.24) is 4.90 Å². The molecule has 0 aromatic heterocycles. The van der Waals surface area contributed by atoms with Crippen LogP contribution in [0.2, 0.25) is 0 Å². The molecule has 0 aliphatic carbocycles. The Labute approximate surface area is 230 Å². The maximum Gasteiger partial charge on any atom is 0.338 e. The Morgan fingerprint density at radius 2 is 1.59 bits per heavy atom. The average molecular weight is 526 g/mol. The van der Waals surface area contributed by atoms with Crippen molar-refractivity contribution in [2.45, 2.75) is 26.7 Å². The highest BCUT2D eigenvalue weighted by Gasteiger charge is 2.24. The van der Waals surface area contributed by atoms with Gasteiger partial charge in [0.05, 0.1) is 23.5 Å². The summed E-state index contributed by atoms with van der Waals surface area (Å²) >= 11 is 0. The Balaban J connectivity index is 1.49. The van der Waals surface area contributed by atoms with E-state index in [0.29, 0.717) is 48.9 Å². The largest absolute Gasteiger partial charge is 0.462 e. The van der Waals surface area contributed by atoms with E-state index in [9.17, 15) is 14.4 Å². The molecule has 202 valence electrons. The molecular formula is C32H35N3O4. The monoisotopic (exact) mass is 525 g/mol. The number of rotatable bonds is 8. The number of nitrogens with one attached hydrogen (secondary N) is 1. The zero-order chi connectivity index (χ0) is 27.8. The van der Waals surface area contributed by atoms with Crippen LogP contribution in [0.15, 0.2) is 78.9 Å². The lowest BCUT2D eigenvalue weighted by Crippen LogP contribution is -2.49. The number of esters is 1. The molecular weight excluding hydrogens is 490 g/mol. The first-order chi connectivity index (χ1) is 18.9. The van der Waals surface area contributed by atoms with E-state index >= 15 is 0 Å². The van der Waals surface area contributed by atoms with Gasteiger partial charge in [-0.2, -0.15) is 0 Å². The van der Waals surface area contributed by atoms with Crippen molar-refractivity contribution in [1.29, 1.82) is 0 Å². The third kappa shape index (κ3) is 7.13. The topological polar surface area (TPSA) is 79.0 Å². The quantitative estimate of drug-likeness (QED) is 0.306. The zero-order valence-corrected chi connectivity index (χ0v) is 22.7. The second-order valence-corrected chi connectivity index (χ2v) is 9.74. The number of anilines is 2. The first-order valence-corrected chi connectivity index (χ1v) is 13.3. The van der Waals surface area contributed by atoms with Crippen molar-refractivity contribution in [3.8, 4) is 0 Å². The van der Waals surface area contributed by atoms with E-state index in [0.717, 1.165) is 11.3 Å². The maximum absolute atomic E-state index is 12.9. The van der Waals surface area contributed by atoms with Crippen LogP contribution in [0.5, 0.6) is 0 Å². The Bertz CT molecular complexity index is 1330. The number of ether oxygens (including phenoxy) is 1. The molecule has 4 rings (SSSR count). The van der Waals surface area contributed by atoms with Gasteiger partial charge in [-0.15, -0.1) is 0 Å². The summed E-state index contributed by atoms with van der Waals surface area (Å²) in [6.45, 7) is 8.58. The van der Waals surface area contributed by atoms with Crippen molar-refractivity contribution >= 4 is 35.2 Å². The standard InChI is InChI=1S/C32H35N3O4/c1-4-39-32(38)27-15-16-29(34-18-20-35(21-19-34)31(37)26-8-6-5-7-9-26)28(22-27)33-30(36)17-12-24-10-13-25(14-11-24)23(2)3/h5-17,22-23H,4,18-21H2,1-3H3,(H,33,36)/b17-12+. The predicted molar refractivity (Wildman–Crippen MR) is 155 cm³/mol. The van der Waals surface area contributed by atoms with Crippen LogP contribution in [0, 0.1) is 0 Å². The Morgan fingerprint density at radius 1 is 0.897 bits per heavy atom. The van der Waals surface area contributed by atoms with Gasteiger partial charge in [-0.25, -0.2) is 4.79 Å². The van der Waals surface area contributed by atoms with Gasteiger partial charge in [-0.3, -0.25) is 9.59 Å². The molecule has 1 aliphatic rings. The zero-order valence-electron chi connectivity index (χ0n) is 22.7. The highest BCUT2D eigenvalue weighted by atomic mass is 16.5. The SMILES string of the molecule is CCOC(=O)c1ccc(N2CCN(C(=O)c3ccccc3)CC2)c(NC(=O)/C=C/c2ccc(C(C)C)cc2)c1. The number of amides is 2. The van der Waals surface area contributed by atoms with Crippen LogP contribution in [0.3, 0.4) is 0 Å². The van der Waals surface area contributed by atoms with Crippen LogP contribution in [0.1, 0.15) is 58.5 Å². The Morgan fingerprint density at radius 3 is 2.23 bits per heavy atom. The molecule has 1 saturated heterocycles. The van der Waals surface area contributed by atoms with Crippen molar-refractivity contribution in [3.05, 3.63) is 101 Å². The molecule has 39 heavy (non-hydrogen) atoms. The van der Waals surface area contributed by atoms with E-state index in [1.54, 1.807) is 25.1 Å². The molecule has 0 unspecified atom stereocenters. The summed E-state index contributed by atoms with van der Waals surface area (Å²) in [7, 11) is 0. The molecule has 0 atom stereocenters. The summed E-state index contributed by atoms with van der Waals surface area (Å²) < 4.78 is 5.16. The van der Waals surface area contributed by atoms with Gasteiger partial charge >= 0.3 is 5.97 Å². The van der Waals surface area contributed by atoms with E-state index in [1.807, 2.05) is 53.4 Å². The van der Waals surface area contributed by atoms with Gasteiger partial charge in [-0.05, 0) is 60.4 Å². The number of carbonyl (C=O) groups excluding carboxylic acids is 3. The van der Waals surface area contributed by atoms with E-state index in [2.05, 4.69) is 36.2 Å². The summed E-state index contributed by atoms with van der Waals surface area (Å²) in [5.74, 6) is -0.301. The van der Waals surface area contributed by atoms with Gasteiger partial charge in [0.2, 0.25) is 5.91 Å². The molecule has 1 fully saturated rings. The lowest BCUT2D eigenvalue weighted by Gasteiger charge is -2.37. The predicted octanol–water partition coefficient (Wildman–Crippen LogP) is 5.60. The minimum absolute atomic E-state index is 0.00741. The molecule has 0 radical (unpaired) electrons.